The number of nitrogens with one attached hydrogen (secondary N) is 1. The highest BCUT2D eigenvalue weighted by atomic mass is 19.4. The molecule has 21 heavy (non-hydrogen) atoms. The zero-order valence-electron chi connectivity index (χ0n) is 12.7. The highest BCUT2D eigenvalue weighted by molar-refractivity contribution is 5.27. The molecule has 1 unspecified atom stereocenters. The smallest absolute Gasteiger partial charge is 0.389 e. The van der Waals surface area contributed by atoms with Crippen molar-refractivity contribution >= 4 is 0 Å². The third-order valence-corrected chi connectivity index (χ3v) is 3.40. The molecule has 1 rings (SSSR count). The maximum absolute atomic E-state index is 12.3. The molecule has 0 bridgehead atoms. The number of hydrogen-bond acceptors (Lipinski definition) is 2. The molecule has 0 heterocycles. The van der Waals surface area contributed by atoms with Crippen molar-refractivity contribution < 1.29 is 17.9 Å². The molecule has 1 aromatic rings. The molecule has 0 saturated heterocycles. The maximum Gasteiger partial charge on any atom is 0.389 e. The van der Waals surface area contributed by atoms with Crippen LogP contribution in [0.5, 0.6) is 5.75 Å². The lowest BCUT2D eigenvalue weighted by Crippen LogP contribution is -2.31. The van der Waals surface area contributed by atoms with Crippen LogP contribution in [0.1, 0.15) is 38.2 Å². The summed E-state index contributed by atoms with van der Waals surface area (Å²) in [7, 11) is 1.61. The number of benzene rings is 1. The summed E-state index contributed by atoms with van der Waals surface area (Å²) in [6, 6.07) is 7.58. The van der Waals surface area contributed by atoms with Gasteiger partial charge in [0, 0.05) is 12.5 Å². The Labute approximate surface area is 124 Å². The first-order valence-corrected chi connectivity index (χ1v) is 7.37. The molecule has 0 aliphatic rings. The van der Waals surface area contributed by atoms with Crippen LogP contribution in [0, 0.1) is 0 Å². The van der Waals surface area contributed by atoms with Gasteiger partial charge in [-0.2, -0.15) is 13.2 Å². The Bertz CT molecular complexity index is 390. The van der Waals surface area contributed by atoms with E-state index in [0.717, 1.165) is 30.7 Å². The molecular weight excluding hydrogens is 279 g/mol. The molecule has 0 aliphatic heterocycles. The lowest BCUT2D eigenvalue weighted by molar-refractivity contribution is -0.136. The fourth-order valence-electron chi connectivity index (χ4n) is 2.17. The summed E-state index contributed by atoms with van der Waals surface area (Å²) < 4.78 is 42.1. The SMILES string of the molecule is CCCNC(CCc1ccc(OC)cc1)CCC(F)(F)F. The third-order valence-electron chi connectivity index (χ3n) is 3.40. The van der Waals surface area contributed by atoms with Gasteiger partial charge in [-0.15, -0.1) is 0 Å². The zero-order valence-corrected chi connectivity index (χ0v) is 12.7. The standard InChI is InChI=1S/C16H24F3NO/c1-3-12-20-14(10-11-16(17,18)19)7-4-13-5-8-15(21-2)9-6-13/h5-6,8-9,14,20H,3-4,7,10-12H2,1-2H3. The Morgan fingerprint density at radius 3 is 2.33 bits per heavy atom. The summed E-state index contributed by atoms with van der Waals surface area (Å²) in [6.07, 6.45) is -2.26. The van der Waals surface area contributed by atoms with E-state index < -0.39 is 12.6 Å². The van der Waals surface area contributed by atoms with Crippen molar-refractivity contribution in [1.82, 2.24) is 5.32 Å². The summed E-state index contributed by atoms with van der Waals surface area (Å²) >= 11 is 0. The Kier molecular flexibility index (Phi) is 7.57. The van der Waals surface area contributed by atoms with Gasteiger partial charge >= 0.3 is 6.18 Å². The number of aryl methyl sites for hydroxylation is 1. The number of hydrogen-bond donors (Lipinski definition) is 1. The molecule has 0 aliphatic carbocycles. The van der Waals surface area contributed by atoms with Gasteiger partial charge < -0.3 is 10.1 Å². The van der Waals surface area contributed by atoms with Crippen molar-refractivity contribution in [2.45, 2.75) is 51.2 Å². The number of methoxy groups -OCH3 is 1. The third kappa shape index (κ3) is 7.95. The second-order valence-corrected chi connectivity index (χ2v) is 5.19. The Balaban J connectivity index is 2.46. The van der Waals surface area contributed by atoms with Crippen molar-refractivity contribution in [2.75, 3.05) is 13.7 Å². The first-order chi connectivity index (χ1) is 9.94. The van der Waals surface area contributed by atoms with E-state index in [1.54, 1.807) is 7.11 Å². The molecule has 2 nitrogen and oxygen atoms in total. The van der Waals surface area contributed by atoms with Crippen LogP contribution in [-0.2, 0) is 6.42 Å². The highest BCUT2D eigenvalue weighted by Gasteiger charge is 2.28. The van der Waals surface area contributed by atoms with Crippen LogP contribution >= 0.6 is 0 Å². The van der Waals surface area contributed by atoms with E-state index in [4.69, 9.17) is 4.74 Å². The fraction of sp³-hybridized carbons (Fsp3) is 0.625. The van der Waals surface area contributed by atoms with E-state index in [9.17, 15) is 13.2 Å². The highest BCUT2D eigenvalue weighted by Crippen LogP contribution is 2.23. The van der Waals surface area contributed by atoms with Gasteiger partial charge in [-0.1, -0.05) is 19.1 Å². The van der Waals surface area contributed by atoms with Crippen molar-refractivity contribution in [3.8, 4) is 5.75 Å². The molecule has 5 heteroatoms. The molecule has 0 spiro atoms. The summed E-state index contributed by atoms with van der Waals surface area (Å²) in [5.41, 5.74) is 1.12. The number of halogens is 3. The summed E-state index contributed by atoms with van der Waals surface area (Å²) in [5, 5.41) is 3.21. The summed E-state index contributed by atoms with van der Waals surface area (Å²) in [5.74, 6) is 0.788. The minimum atomic E-state index is -4.08. The van der Waals surface area contributed by atoms with Gasteiger partial charge in [0.05, 0.1) is 7.11 Å². The molecule has 1 N–H and O–H groups in total. The second-order valence-electron chi connectivity index (χ2n) is 5.19. The van der Waals surface area contributed by atoms with Gasteiger partial charge in [0.15, 0.2) is 0 Å². The normalized spacial score (nSPS) is 13.2. The van der Waals surface area contributed by atoms with Crippen LogP contribution in [-0.4, -0.2) is 25.9 Å². The van der Waals surface area contributed by atoms with E-state index in [-0.39, 0.29) is 12.5 Å². The van der Waals surface area contributed by atoms with E-state index in [1.807, 2.05) is 31.2 Å². The van der Waals surface area contributed by atoms with Crippen molar-refractivity contribution in [2.24, 2.45) is 0 Å². The van der Waals surface area contributed by atoms with Gasteiger partial charge in [0.1, 0.15) is 5.75 Å². The minimum absolute atomic E-state index is 0.0892. The van der Waals surface area contributed by atoms with Crippen molar-refractivity contribution in [3.05, 3.63) is 29.8 Å². The quantitative estimate of drug-likeness (QED) is 0.733. The number of ether oxygens (including phenoxy) is 1. The van der Waals surface area contributed by atoms with Crippen LogP contribution in [0.4, 0.5) is 13.2 Å². The van der Waals surface area contributed by atoms with E-state index in [1.165, 1.54) is 0 Å². The molecule has 0 amide bonds. The molecule has 0 saturated carbocycles. The van der Waals surface area contributed by atoms with Gasteiger partial charge in [-0.3, -0.25) is 0 Å². The van der Waals surface area contributed by atoms with Crippen molar-refractivity contribution in [3.63, 3.8) is 0 Å². The first-order valence-electron chi connectivity index (χ1n) is 7.37. The zero-order chi connectivity index (χ0) is 15.7. The van der Waals surface area contributed by atoms with Gasteiger partial charge in [0.2, 0.25) is 0 Å². The molecule has 1 aromatic carbocycles. The average Bonchev–Trinajstić information content (AvgIpc) is 2.46. The van der Waals surface area contributed by atoms with Crippen LogP contribution < -0.4 is 10.1 Å². The molecular formula is C16H24F3NO. The van der Waals surface area contributed by atoms with Crippen LogP contribution in [0.15, 0.2) is 24.3 Å². The van der Waals surface area contributed by atoms with Gasteiger partial charge in [-0.05, 0) is 49.9 Å². The van der Waals surface area contributed by atoms with E-state index in [0.29, 0.717) is 6.42 Å². The Morgan fingerprint density at radius 2 is 1.81 bits per heavy atom. The van der Waals surface area contributed by atoms with Crippen molar-refractivity contribution in [1.29, 1.82) is 0 Å². The molecule has 120 valence electrons. The lowest BCUT2D eigenvalue weighted by atomic mass is 10.0. The monoisotopic (exact) mass is 303 g/mol. The van der Waals surface area contributed by atoms with E-state index in [2.05, 4.69) is 5.32 Å². The number of rotatable bonds is 9. The summed E-state index contributed by atoms with van der Waals surface area (Å²) in [6.45, 7) is 2.77. The molecule has 0 radical (unpaired) electrons. The van der Waals surface area contributed by atoms with E-state index >= 15 is 0 Å². The maximum atomic E-state index is 12.3. The predicted molar refractivity (Wildman–Crippen MR) is 78.7 cm³/mol. The first kappa shape index (κ1) is 17.8. The Hall–Kier alpha value is -1.23. The number of alkyl halides is 3. The minimum Gasteiger partial charge on any atom is -0.497 e. The average molecular weight is 303 g/mol. The summed E-state index contributed by atoms with van der Waals surface area (Å²) in [4.78, 5) is 0. The molecule has 0 fully saturated rings. The predicted octanol–water partition coefficient (Wildman–Crippen LogP) is 4.34. The molecule has 0 aromatic heterocycles. The largest absolute Gasteiger partial charge is 0.497 e. The fourth-order valence-corrected chi connectivity index (χ4v) is 2.17. The van der Waals surface area contributed by atoms with Crippen LogP contribution in [0.25, 0.3) is 0 Å². The van der Waals surface area contributed by atoms with Crippen LogP contribution in [0.3, 0.4) is 0 Å². The molecule has 1 atom stereocenters. The lowest BCUT2D eigenvalue weighted by Gasteiger charge is -2.19. The second kappa shape index (κ2) is 8.93. The van der Waals surface area contributed by atoms with Crippen LogP contribution in [0.2, 0.25) is 0 Å². The topological polar surface area (TPSA) is 21.3 Å². The van der Waals surface area contributed by atoms with Gasteiger partial charge in [0.25, 0.3) is 0 Å². The Morgan fingerprint density at radius 1 is 1.14 bits per heavy atom. The van der Waals surface area contributed by atoms with Gasteiger partial charge in [-0.25, -0.2) is 0 Å².